The zero-order valence-corrected chi connectivity index (χ0v) is 15.4. The molecule has 8 heteroatoms. The SMILES string of the molecule is C[C@@H]1CC[C@H](c2noc(-c3cc(Cl)c[nH]3)n2)CN1C(=O)c1ccc(F)cc1. The number of hydrogen-bond acceptors (Lipinski definition) is 4. The van der Waals surface area contributed by atoms with Gasteiger partial charge in [0, 0.05) is 30.3 Å². The highest BCUT2D eigenvalue weighted by Gasteiger charge is 2.32. The van der Waals surface area contributed by atoms with Gasteiger partial charge in [0.1, 0.15) is 11.5 Å². The predicted octanol–water partition coefficient (Wildman–Crippen LogP) is 4.27. The summed E-state index contributed by atoms with van der Waals surface area (Å²) in [5.41, 5.74) is 1.13. The molecule has 0 aliphatic carbocycles. The van der Waals surface area contributed by atoms with Crippen LogP contribution in [0.4, 0.5) is 4.39 Å². The highest BCUT2D eigenvalue weighted by molar-refractivity contribution is 6.30. The van der Waals surface area contributed by atoms with E-state index in [4.69, 9.17) is 16.1 Å². The Morgan fingerprint density at radius 2 is 2.11 bits per heavy atom. The number of aromatic nitrogens is 3. The number of H-pyrrole nitrogens is 1. The molecule has 3 aromatic rings. The van der Waals surface area contributed by atoms with Crippen LogP contribution in [-0.4, -0.2) is 38.5 Å². The standard InChI is InChI=1S/C19H18ClFN4O2/c1-11-2-3-13(10-25(11)19(26)12-4-6-15(21)7-5-12)17-23-18(27-24-17)16-8-14(20)9-22-16/h4-9,11,13,22H,2-3,10H2,1H3/t11-,13+/m1/s1. The number of nitrogens with zero attached hydrogens (tertiary/aromatic N) is 3. The van der Waals surface area contributed by atoms with Gasteiger partial charge in [0.25, 0.3) is 11.8 Å². The van der Waals surface area contributed by atoms with Crippen molar-refractivity contribution in [1.82, 2.24) is 20.0 Å². The molecule has 27 heavy (non-hydrogen) atoms. The number of aromatic amines is 1. The summed E-state index contributed by atoms with van der Waals surface area (Å²) in [4.78, 5) is 22.1. The van der Waals surface area contributed by atoms with Gasteiger partial charge < -0.3 is 14.4 Å². The summed E-state index contributed by atoms with van der Waals surface area (Å²) in [5.74, 6) is 0.437. The Morgan fingerprint density at radius 3 is 2.81 bits per heavy atom. The third-order valence-corrected chi connectivity index (χ3v) is 5.14. The number of carbonyl (C=O) groups excluding carboxylic acids is 1. The third kappa shape index (κ3) is 3.60. The first-order chi connectivity index (χ1) is 13.0. The van der Waals surface area contributed by atoms with E-state index in [1.807, 2.05) is 6.92 Å². The lowest BCUT2D eigenvalue weighted by atomic mass is 9.92. The normalized spacial score (nSPS) is 20.0. The van der Waals surface area contributed by atoms with Gasteiger partial charge >= 0.3 is 0 Å². The van der Waals surface area contributed by atoms with Crippen LogP contribution < -0.4 is 0 Å². The Balaban J connectivity index is 1.53. The lowest BCUT2D eigenvalue weighted by Crippen LogP contribution is -2.45. The van der Waals surface area contributed by atoms with Gasteiger partial charge in [-0.25, -0.2) is 4.39 Å². The van der Waals surface area contributed by atoms with Crippen molar-refractivity contribution >= 4 is 17.5 Å². The molecular formula is C19H18ClFN4O2. The highest BCUT2D eigenvalue weighted by Crippen LogP contribution is 2.31. The van der Waals surface area contributed by atoms with Gasteiger partial charge in [-0.3, -0.25) is 4.79 Å². The maximum Gasteiger partial charge on any atom is 0.274 e. The van der Waals surface area contributed by atoms with Crippen LogP contribution in [-0.2, 0) is 0 Å². The quantitative estimate of drug-likeness (QED) is 0.727. The molecule has 0 bridgehead atoms. The van der Waals surface area contributed by atoms with Crippen molar-refractivity contribution < 1.29 is 13.7 Å². The lowest BCUT2D eigenvalue weighted by molar-refractivity contribution is 0.0604. The summed E-state index contributed by atoms with van der Waals surface area (Å²) in [6.07, 6.45) is 3.33. The van der Waals surface area contributed by atoms with E-state index in [0.29, 0.717) is 34.5 Å². The fraction of sp³-hybridized carbons (Fsp3) is 0.316. The maximum absolute atomic E-state index is 13.1. The van der Waals surface area contributed by atoms with E-state index >= 15 is 0 Å². The van der Waals surface area contributed by atoms with E-state index in [2.05, 4.69) is 15.1 Å². The van der Waals surface area contributed by atoms with E-state index in [9.17, 15) is 9.18 Å². The molecule has 1 fully saturated rings. The summed E-state index contributed by atoms with van der Waals surface area (Å²) < 4.78 is 18.5. The van der Waals surface area contributed by atoms with Crippen molar-refractivity contribution in [3.63, 3.8) is 0 Å². The molecule has 1 amide bonds. The van der Waals surface area contributed by atoms with Crippen LogP contribution in [0.2, 0.25) is 5.02 Å². The minimum Gasteiger partial charge on any atom is -0.356 e. The summed E-state index contributed by atoms with van der Waals surface area (Å²) >= 11 is 5.92. The summed E-state index contributed by atoms with van der Waals surface area (Å²) in [7, 11) is 0. The Hall–Kier alpha value is -2.67. The molecule has 2 aromatic heterocycles. The molecule has 1 aliphatic heterocycles. The van der Waals surface area contributed by atoms with Gasteiger partial charge in [0.15, 0.2) is 5.82 Å². The minimum atomic E-state index is -0.361. The molecule has 0 radical (unpaired) electrons. The second kappa shape index (κ2) is 7.15. The Kier molecular flexibility index (Phi) is 4.70. The van der Waals surface area contributed by atoms with Crippen molar-refractivity contribution in [3.8, 4) is 11.6 Å². The minimum absolute atomic E-state index is 0.0199. The molecule has 2 atom stereocenters. The zero-order valence-electron chi connectivity index (χ0n) is 14.7. The monoisotopic (exact) mass is 388 g/mol. The van der Waals surface area contributed by atoms with E-state index in [1.54, 1.807) is 17.2 Å². The average molecular weight is 389 g/mol. The first-order valence-corrected chi connectivity index (χ1v) is 9.13. The molecule has 3 heterocycles. The lowest BCUT2D eigenvalue weighted by Gasteiger charge is -2.37. The van der Waals surface area contributed by atoms with Crippen LogP contribution in [0.15, 0.2) is 41.1 Å². The molecule has 0 spiro atoms. The van der Waals surface area contributed by atoms with Crippen LogP contribution >= 0.6 is 11.6 Å². The van der Waals surface area contributed by atoms with Crippen molar-refractivity contribution in [2.75, 3.05) is 6.54 Å². The molecule has 1 aromatic carbocycles. The summed E-state index contributed by atoms with van der Waals surface area (Å²) in [6.45, 7) is 2.50. The maximum atomic E-state index is 13.1. The number of carbonyl (C=O) groups is 1. The van der Waals surface area contributed by atoms with Gasteiger partial charge in [0.2, 0.25) is 0 Å². The van der Waals surface area contributed by atoms with Gasteiger partial charge in [-0.05, 0) is 50.1 Å². The van der Waals surface area contributed by atoms with Crippen molar-refractivity contribution in [2.24, 2.45) is 0 Å². The number of piperidine rings is 1. The number of halogens is 2. The molecule has 1 N–H and O–H groups in total. The van der Waals surface area contributed by atoms with E-state index < -0.39 is 0 Å². The summed E-state index contributed by atoms with van der Waals surface area (Å²) in [5, 5.41) is 4.65. The van der Waals surface area contributed by atoms with E-state index in [0.717, 1.165) is 12.8 Å². The molecular weight excluding hydrogens is 371 g/mol. The van der Waals surface area contributed by atoms with Gasteiger partial charge in [0.05, 0.1) is 5.02 Å². The zero-order chi connectivity index (χ0) is 19.0. The van der Waals surface area contributed by atoms with Crippen LogP contribution in [0.25, 0.3) is 11.6 Å². The number of hydrogen-bond donors (Lipinski definition) is 1. The first-order valence-electron chi connectivity index (χ1n) is 8.75. The molecule has 1 aliphatic rings. The number of likely N-dealkylation sites (tertiary alicyclic amines) is 1. The van der Waals surface area contributed by atoms with Gasteiger partial charge in [-0.2, -0.15) is 4.98 Å². The molecule has 1 saturated heterocycles. The van der Waals surface area contributed by atoms with Crippen LogP contribution in [0.5, 0.6) is 0 Å². The molecule has 6 nitrogen and oxygen atoms in total. The van der Waals surface area contributed by atoms with Crippen LogP contribution in [0, 0.1) is 5.82 Å². The number of rotatable bonds is 3. The fourth-order valence-corrected chi connectivity index (χ4v) is 3.52. The predicted molar refractivity (Wildman–Crippen MR) is 98.0 cm³/mol. The molecule has 4 rings (SSSR count). The molecule has 0 unspecified atom stereocenters. The van der Waals surface area contributed by atoms with Gasteiger partial charge in [-0.15, -0.1) is 0 Å². The fourth-order valence-electron chi connectivity index (χ4n) is 3.36. The Labute approximate surface area is 160 Å². The highest BCUT2D eigenvalue weighted by atomic mass is 35.5. The van der Waals surface area contributed by atoms with E-state index in [-0.39, 0.29) is 23.7 Å². The largest absolute Gasteiger partial charge is 0.356 e. The third-order valence-electron chi connectivity index (χ3n) is 4.92. The number of benzene rings is 1. The second-order valence-electron chi connectivity index (χ2n) is 6.78. The Morgan fingerprint density at radius 1 is 1.33 bits per heavy atom. The van der Waals surface area contributed by atoms with E-state index in [1.165, 1.54) is 24.3 Å². The molecule has 0 saturated carbocycles. The van der Waals surface area contributed by atoms with Gasteiger partial charge in [-0.1, -0.05) is 16.8 Å². The Bertz CT molecular complexity index is 953. The first kappa shape index (κ1) is 17.7. The molecule has 140 valence electrons. The van der Waals surface area contributed by atoms with Crippen LogP contribution in [0.3, 0.4) is 0 Å². The average Bonchev–Trinajstić information content (AvgIpc) is 3.31. The summed E-state index contributed by atoms with van der Waals surface area (Å²) in [6, 6.07) is 7.42. The number of amides is 1. The smallest absolute Gasteiger partial charge is 0.274 e. The van der Waals surface area contributed by atoms with Crippen molar-refractivity contribution in [3.05, 3.63) is 58.8 Å². The topological polar surface area (TPSA) is 75.0 Å². The van der Waals surface area contributed by atoms with Crippen LogP contribution in [0.1, 0.15) is 41.9 Å². The van der Waals surface area contributed by atoms with Crippen molar-refractivity contribution in [1.29, 1.82) is 0 Å². The van der Waals surface area contributed by atoms with Crippen molar-refractivity contribution in [2.45, 2.75) is 31.7 Å². The number of nitrogens with one attached hydrogen (secondary N) is 1. The second-order valence-corrected chi connectivity index (χ2v) is 7.21.